The van der Waals surface area contributed by atoms with Gasteiger partial charge in [0.15, 0.2) is 0 Å². The fourth-order valence-corrected chi connectivity index (χ4v) is 2.86. The van der Waals surface area contributed by atoms with Gasteiger partial charge in [-0.05, 0) is 60.7 Å². The van der Waals surface area contributed by atoms with E-state index < -0.39 is 7.12 Å². The summed E-state index contributed by atoms with van der Waals surface area (Å²) >= 11 is 10.0. The van der Waals surface area contributed by atoms with E-state index in [1.165, 1.54) is 5.56 Å². The van der Waals surface area contributed by atoms with Gasteiger partial charge in [0.25, 0.3) is 0 Å². The van der Waals surface area contributed by atoms with Gasteiger partial charge in [0, 0.05) is 9.94 Å². The average molecular weight is 374 g/mol. The standard InChI is InChI=1S/C16H23BBrClO2/c1-14(2,3)10-8-11(13(19)12(18)9-10)17-20-15(4,5)16(6,7)21-17/h8-9H,1-7H3. The van der Waals surface area contributed by atoms with Crippen molar-refractivity contribution < 1.29 is 9.31 Å². The van der Waals surface area contributed by atoms with E-state index in [0.717, 1.165) is 9.94 Å². The number of hydrogen-bond acceptors (Lipinski definition) is 2. The molecular weight excluding hydrogens is 350 g/mol. The molecule has 1 fully saturated rings. The highest BCUT2D eigenvalue weighted by Gasteiger charge is 2.52. The topological polar surface area (TPSA) is 18.5 Å². The van der Waals surface area contributed by atoms with Gasteiger partial charge in [-0.3, -0.25) is 0 Å². The second-order valence-corrected chi connectivity index (χ2v) is 8.93. The first-order valence-electron chi connectivity index (χ1n) is 7.20. The first-order valence-corrected chi connectivity index (χ1v) is 8.37. The maximum atomic E-state index is 6.47. The Labute approximate surface area is 141 Å². The van der Waals surface area contributed by atoms with E-state index in [1.807, 2.05) is 27.7 Å². The van der Waals surface area contributed by atoms with Gasteiger partial charge in [-0.2, -0.15) is 0 Å². The van der Waals surface area contributed by atoms with Crippen LogP contribution in [0.15, 0.2) is 16.6 Å². The van der Waals surface area contributed by atoms with Gasteiger partial charge in [-0.1, -0.05) is 38.4 Å². The van der Waals surface area contributed by atoms with Gasteiger partial charge >= 0.3 is 7.12 Å². The predicted octanol–water partition coefficient (Wildman–Crippen LogP) is 4.70. The van der Waals surface area contributed by atoms with Gasteiger partial charge in [-0.25, -0.2) is 0 Å². The van der Waals surface area contributed by atoms with Crippen LogP contribution in [0.25, 0.3) is 0 Å². The molecule has 0 aliphatic carbocycles. The third-order valence-corrected chi connectivity index (χ3v) is 5.71. The molecule has 2 nitrogen and oxygen atoms in total. The monoisotopic (exact) mass is 372 g/mol. The van der Waals surface area contributed by atoms with Crippen LogP contribution in [0.3, 0.4) is 0 Å². The molecule has 1 aliphatic rings. The molecule has 0 radical (unpaired) electrons. The van der Waals surface area contributed by atoms with Gasteiger partial charge in [0.05, 0.1) is 16.2 Å². The minimum absolute atomic E-state index is 0.0332. The molecule has 0 N–H and O–H groups in total. The van der Waals surface area contributed by atoms with Crippen molar-refractivity contribution in [2.24, 2.45) is 0 Å². The van der Waals surface area contributed by atoms with Gasteiger partial charge in [0.1, 0.15) is 0 Å². The van der Waals surface area contributed by atoms with Crippen molar-refractivity contribution in [2.45, 2.75) is 65.1 Å². The van der Waals surface area contributed by atoms with Crippen LogP contribution in [-0.2, 0) is 14.7 Å². The SMILES string of the molecule is CC(C)(C)c1cc(Br)c(Cl)c(B2OC(C)(C)C(C)(C)O2)c1. The van der Waals surface area contributed by atoms with Crippen LogP contribution in [-0.4, -0.2) is 18.3 Å². The Bertz CT molecular complexity index is 548. The summed E-state index contributed by atoms with van der Waals surface area (Å²) in [6.45, 7) is 14.7. The number of rotatable bonds is 1. The zero-order valence-corrected chi connectivity index (χ0v) is 16.1. The van der Waals surface area contributed by atoms with Crippen LogP contribution in [0, 0.1) is 0 Å². The average Bonchev–Trinajstić information content (AvgIpc) is 2.50. The summed E-state index contributed by atoms with van der Waals surface area (Å²) in [5, 5.41) is 0.654. The first-order chi connectivity index (χ1) is 9.35. The van der Waals surface area contributed by atoms with E-state index >= 15 is 0 Å². The summed E-state index contributed by atoms with van der Waals surface area (Å²) in [4.78, 5) is 0. The lowest BCUT2D eigenvalue weighted by Crippen LogP contribution is -2.41. The molecule has 116 valence electrons. The molecule has 0 saturated carbocycles. The van der Waals surface area contributed by atoms with Crippen molar-refractivity contribution in [2.75, 3.05) is 0 Å². The molecular formula is C16H23BBrClO2. The molecule has 0 atom stereocenters. The Balaban J connectivity index is 2.48. The van der Waals surface area contributed by atoms with Crippen LogP contribution in [0.4, 0.5) is 0 Å². The lowest BCUT2D eigenvalue weighted by atomic mass is 9.75. The molecule has 1 heterocycles. The predicted molar refractivity (Wildman–Crippen MR) is 93.6 cm³/mol. The van der Waals surface area contributed by atoms with E-state index in [0.29, 0.717) is 5.02 Å². The molecule has 1 saturated heterocycles. The van der Waals surface area contributed by atoms with E-state index in [2.05, 4.69) is 48.8 Å². The zero-order valence-electron chi connectivity index (χ0n) is 13.8. The van der Waals surface area contributed by atoms with E-state index in [4.69, 9.17) is 20.9 Å². The molecule has 21 heavy (non-hydrogen) atoms. The van der Waals surface area contributed by atoms with Crippen molar-refractivity contribution in [1.29, 1.82) is 0 Å². The molecule has 1 aliphatic heterocycles. The second kappa shape index (κ2) is 5.26. The van der Waals surface area contributed by atoms with E-state index in [9.17, 15) is 0 Å². The normalized spacial score (nSPS) is 20.9. The number of benzene rings is 1. The van der Waals surface area contributed by atoms with Crippen molar-refractivity contribution in [3.05, 3.63) is 27.2 Å². The Morgan fingerprint density at radius 2 is 1.52 bits per heavy atom. The fraction of sp³-hybridized carbons (Fsp3) is 0.625. The van der Waals surface area contributed by atoms with Crippen molar-refractivity contribution in [3.8, 4) is 0 Å². The van der Waals surface area contributed by atoms with Gasteiger partial charge in [0.2, 0.25) is 0 Å². The lowest BCUT2D eigenvalue weighted by molar-refractivity contribution is 0.00578. The molecule has 0 spiro atoms. The highest BCUT2D eigenvalue weighted by molar-refractivity contribution is 9.10. The zero-order chi connectivity index (χ0) is 16.2. The largest absolute Gasteiger partial charge is 0.496 e. The van der Waals surface area contributed by atoms with Crippen LogP contribution < -0.4 is 5.46 Å². The smallest absolute Gasteiger partial charge is 0.399 e. The van der Waals surface area contributed by atoms with Crippen LogP contribution in [0.2, 0.25) is 5.02 Å². The molecule has 2 rings (SSSR count). The van der Waals surface area contributed by atoms with Crippen molar-refractivity contribution >= 4 is 40.1 Å². The molecule has 5 heteroatoms. The van der Waals surface area contributed by atoms with Gasteiger partial charge < -0.3 is 9.31 Å². The van der Waals surface area contributed by atoms with Crippen molar-refractivity contribution in [3.63, 3.8) is 0 Å². The molecule has 0 amide bonds. The third kappa shape index (κ3) is 3.19. The van der Waals surface area contributed by atoms with Crippen LogP contribution >= 0.6 is 27.5 Å². The summed E-state index contributed by atoms with van der Waals surface area (Å²) in [7, 11) is -0.443. The molecule has 0 aromatic heterocycles. The fourth-order valence-electron chi connectivity index (χ4n) is 2.18. The summed E-state index contributed by atoms with van der Waals surface area (Å²) in [5.41, 5.74) is 1.38. The Hall–Kier alpha value is -0.0251. The van der Waals surface area contributed by atoms with Gasteiger partial charge in [-0.15, -0.1) is 0 Å². The highest BCUT2D eigenvalue weighted by atomic mass is 79.9. The van der Waals surface area contributed by atoms with Crippen molar-refractivity contribution in [1.82, 2.24) is 0 Å². The summed E-state index contributed by atoms with van der Waals surface area (Å²) < 4.78 is 13.1. The summed E-state index contributed by atoms with van der Waals surface area (Å²) in [6.07, 6.45) is 0. The molecule has 1 aromatic rings. The molecule has 0 unspecified atom stereocenters. The molecule has 0 bridgehead atoms. The Morgan fingerprint density at radius 1 is 1.05 bits per heavy atom. The van der Waals surface area contributed by atoms with Crippen LogP contribution in [0.5, 0.6) is 0 Å². The minimum Gasteiger partial charge on any atom is -0.399 e. The number of hydrogen-bond donors (Lipinski definition) is 0. The van der Waals surface area contributed by atoms with E-state index in [-0.39, 0.29) is 16.6 Å². The summed E-state index contributed by atoms with van der Waals surface area (Å²) in [5.74, 6) is 0. The quantitative estimate of drug-likeness (QED) is 0.665. The third-order valence-electron chi connectivity index (χ3n) is 4.43. The number of halogens is 2. The maximum Gasteiger partial charge on any atom is 0.496 e. The highest BCUT2D eigenvalue weighted by Crippen LogP contribution is 2.38. The minimum atomic E-state index is -0.443. The molecule has 1 aromatic carbocycles. The Kier molecular flexibility index (Phi) is 4.34. The van der Waals surface area contributed by atoms with E-state index in [1.54, 1.807) is 0 Å². The lowest BCUT2D eigenvalue weighted by Gasteiger charge is -2.32. The summed E-state index contributed by atoms with van der Waals surface area (Å²) in [6, 6.07) is 4.16. The first kappa shape index (κ1) is 17.3. The maximum absolute atomic E-state index is 6.47. The van der Waals surface area contributed by atoms with Crippen LogP contribution in [0.1, 0.15) is 54.0 Å². The second-order valence-electron chi connectivity index (χ2n) is 7.70. The Morgan fingerprint density at radius 3 is 1.95 bits per heavy atom.